The molecule has 0 saturated heterocycles. The summed E-state index contributed by atoms with van der Waals surface area (Å²) >= 11 is 7.27. The van der Waals surface area contributed by atoms with Gasteiger partial charge in [0.25, 0.3) is 15.9 Å². The van der Waals surface area contributed by atoms with Gasteiger partial charge in [0.1, 0.15) is 4.88 Å². The largest absolute Gasteiger partial charge is 0.477 e. The minimum Gasteiger partial charge on any atom is -0.477 e. The van der Waals surface area contributed by atoms with Crippen LogP contribution in [0, 0.1) is 6.92 Å². The Balaban J connectivity index is 1.60. The Morgan fingerprint density at radius 2 is 1.86 bits per heavy atom. The molecular formula is C24H19ClN2O6S2. The lowest BCUT2D eigenvalue weighted by Gasteiger charge is -2.31. The van der Waals surface area contributed by atoms with Gasteiger partial charge >= 0.3 is 5.97 Å². The number of aryl methyl sites for hydroxylation is 2. The average Bonchev–Trinajstić information content (AvgIpc) is 3.16. The number of para-hydroxylation sites is 1. The highest BCUT2D eigenvalue weighted by Crippen LogP contribution is 2.39. The van der Waals surface area contributed by atoms with E-state index in [0.717, 1.165) is 28.2 Å². The number of carboxylic acids is 1. The third-order valence-electron chi connectivity index (χ3n) is 6.21. The number of halogens is 1. The topological polar surface area (TPSA) is 112 Å². The molecule has 180 valence electrons. The van der Waals surface area contributed by atoms with Gasteiger partial charge in [-0.3, -0.25) is 13.9 Å². The van der Waals surface area contributed by atoms with Gasteiger partial charge in [-0.05, 0) is 55.2 Å². The molecule has 0 bridgehead atoms. The summed E-state index contributed by atoms with van der Waals surface area (Å²) in [5, 5.41) is 9.57. The molecule has 0 fully saturated rings. The highest BCUT2D eigenvalue weighted by Gasteiger charge is 2.40. The summed E-state index contributed by atoms with van der Waals surface area (Å²) in [6.45, 7) is 1.95. The summed E-state index contributed by atoms with van der Waals surface area (Å²) in [7, 11) is -4.03. The van der Waals surface area contributed by atoms with Crippen molar-refractivity contribution in [2.24, 2.45) is 0 Å². The quantitative estimate of drug-likeness (QED) is 0.504. The summed E-state index contributed by atoms with van der Waals surface area (Å²) in [4.78, 5) is 39.2. The Labute approximate surface area is 210 Å². The normalized spacial score (nSPS) is 15.7. The fourth-order valence-corrected chi connectivity index (χ4v) is 7.33. The molecule has 0 unspecified atom stereocenters. The van der Waals surface area contributed by atoms with Crippen molar-refractivity contribution in [3.05, 3.63) is 73.9 Å². The highest BCUT2D eigenvalue weighted by molar-refractivity contribution is 7.92. The fraction of sp³-hybridized carbons (Fsp3) is 0.208. The monoisotopic (exact) mass is 530 g/mol. The van der Waals surface area contributed by atoms with Crippen LogP contribution in [0.1, 0.15) is 42.5 Å². The lowest BCUT2D eigenvalue weighted by Crippen LogP contribution is -2.43. The molecule has 3 aromatic rings. The van der Waals surface area contributed by atoms with Crippen molar-refractivity contribution in [3.8, 4) is 0 Å². The summed E-state index contributed by atoms with van der Waals surface area (Å²) in [6.07, 6.45) is 1.22. The van der Waals surface area contributed by atoms with Crippen molar-refractivity contribution >= 4 is 62.1 Å². The van der Waals surface area contributed by atoms with Crippen molar-refractivity contribution < 1.29 is 27.9 Å². The number of aromatic carboxylic acids is 1. The molecule has 35 heavy (non-hydrogen) atoms. The molecule has 2 aliphatic heterocycles. The molecule has 1 aromatic heterocycles. The summed E-state index contributed by atoms with van der Waals surface area (Å²) in [6, 6.07) is 11.1. The predicted molar refractivity (Wildman–Crippen MR) is 132 cm³/mol. The molecule has 2 aliphatic rings. The molecule has 0 atom stereocenters. The number of amides is 2. The number of carboxylic acid groups (broad SMARTS) is 1. The van der Waals surface area contributed by atoms with E-state index in [4.69, 9.17) is 11.6 Å². The predicted octanol–water partition coefficient (Wildman–Crippen LogP) is 4.28. The van der Waals surface area contributed by atoms with Crippen molar-refractivity contribution in [2.45, 2.75) is 31.1 Å². The molecule has 3 heterocycles. The Morgan fingerprint density at radius 3 is 2.60 bits per heavy atom. The van der Waals surface area contributed by atoms with Gasteiger partial charge < -0.3 is 5.11 Å². The van der Waals surface area contributed by atoms with Crippen LogP contribution < -0.4 is 9.21 Å². The maximum atomic E-state index is 13.6. The molecule has 2 aromatic carbocycles. The van der Waals surface area contributed by atoms with Crippen LogP contribution in [-0.2, 0) is 27.7 Å². The molecule has 0 saturated carbocycles. The van der Waals surface area contributed by atoms with E-state index < -0.39 is 27.8 Å². The number of carbonyl (C=O) groups is 3. The first-order valence-corrected chi connectivity index (χ1v) is 13.4. The van der Waals surface area contributed by atoms with E-state index in [1.807, 2.05) is 12.1 Å². The number of hydrogen-bond donors (Lipinski definition) is 1. The van der Waals surface area contributed by atoms with Crippen molar-refractivity contribution in [2.75, 3.05) is 15.7 Å². The zero-order valence-corrected chi connectivity index (χ0v) is 20.8. The molecule has 11 heteroatoms. The minimum absolute atomic E-state index is 0.00280. The van der Waals surface area contributed by atoms with E-state index >= 15 is 0 Å². The zero-order valence-electron chi connectivity index (χ0n) is 18.4. The van der Waals surface area contributed by atoms with Gasteiger partial charge in [0.2, 0.25) is 5.91 Å². The molecule has 5 rings (SSSR count). The first-order valence-electron chi connectivity index (χ1n) is 10.7. The van der Waals surface area contributed by atoms with Gasteiger partial charge in [-0.25, -0.2) is 18.1 Å². The van der Waals surface area contributed by atoms with Gasteiger partial charge in [0, 0.05) is 11.4 Å². The standard InChI is InChI=1S/C24H19ClN2O6S2/c1-13-16-12-20(28)27(23(29)21(16)22(34-13)24(30)31)19-11-15(8-9-17(19)25)35(32,33)26-10-4-6-14-5-2-3-7-18(14)26/h2-3,5,7-9,11H,4,6,10,12H2,1H3,(H,30,31). The number of thiophene rings is 1. The Bertz CT molecular complexity index is 1530. The highest BCUT2D eigenvalue weighted by atomic mass is 35.5. The second-order valence-electron chi connectivity index (χ2n) is 8.28. The molecule has 1 N–H and O–H groups in total. The van der Waals surface area contributed by atoms with E-state index in [1.54, 1.807) is 19.1 Å². The van der Waals surface area contributed by atoms with Crippen LogP contribution in [0.15, 0.2) is 47.4 Å². The molecule has 0 aliphatic carbocycles. The van der Waals surface area contributed by atoms with Crippen LogP contribution in [0.4, 0.5) is 11.4 Å². The summed E-state index contributed by atoms with van der Waals surface area (Å²) < 4.78 is 28.6. The van der Waals surface area contributed by atoms with Gasteiger partial charge in [0.15, 0.2) is 0 Å². The number of fused-ring (bicyclic) bond motifs is 2. The van der Waals surface area contributed by atoms with Crippen LogP contribution in [0.5, 0.6) is 0 Å². The number of hydrogen-bond acceptors (Lipinski definition) is 6. The Morgan fingerprint density at radius 1 is 1.11 bits per heavy atom. The Hall–Kier alpha value is -3.21. The van der Waals surface area contributed by atoms with Gasteiger partial charge in [-0.1, -0.05) is 29.8 Å². The van der Waals surface area contributed by atoms with E-state index in [1.165, 1.54) is 22.5 Å². The van der Waals surface area contributed by atoms with Crippen LogP contribution >= 0.6 is 22.9 Å². The second-order valence-corrected chi connectivity index (χ2v) is 11.8. The number of sulfonamides is 1. The van der Waals surface area contributed by atoms with Gasteiger partial charge in [-0.15, -0.1) is 11.3 Å². The third-order valence-corrected chi connectivity index (χ3v) is 9.48. The fourth-order valence-electron chi connectivity index (χ4n) is 4.57. The lowest BCUT2D eigenvalue weighted by atomic mass is 9.98. The maximum Gasteiger partial charge on any atom is 0.346 e. The smallest absolute Gasteiger partial charge is 0.346 e. The Kier molecular flexibility index (Phi) is 5.70. The van der Waals surface area contributed by atoms with Crippen molar-refractivity contribution in [1.82, 2.24) is 0 Å². The van der Waals surface area contributed by atoms with Crippen LogP contribution in [0.2, 0.25) is 5.02 Å². The number of rotatable bonds is 4. The molecular weight excluding hydrogens is 512 g/mol. The van der Waals surface area contributed by atoms with E-state index in [-0.39, 0.29) is 32.5 Å². The average molecular weight is 531 g/mol. The van der Waals surface area contributed by atoms with Crippen molar-refractivity contribution in [1.29, 1.82) is 0 Å². The van der Waals surface area contributed by atoms with Gasteiger partial charge in [-0.2, -0.15) is 0 Å². The first kappa shape index (κ1) is 23.5. The number of anilines is 2. The summed E-state index contributed by atoms with van der Waals surface area (Å²) in [5.41, 5.74) is 1.72. The number of imide groups is 1. The SMILES string of the molecule is Cc1sc(C(=O)O)c2c1CC(=O)N(c1cc(S(=O)(=O)N3CCCc4ccccc43)ccc1Cl)C2=O. The first-order chi connectivity index (χ1) is 16.6. The molecule has 0 radical (unpaired) electrons. The zero-order chi connectivity index (χ0) is 25.1. The van der Waals surface area contributed by atoms with Crippen LogP contribution in [-0.4, -0.2) is 37.9 Å². The van der Waals surface area contributed by atoms with Crippen molar-refractivity contribution in [3.63, 3.8) is 0 Å². The number of benzene rings is 2. The second kappa shape index (κ2) is 8.47. The van der Waals surface area contributed by atoms with Crippen LogP contribution in [0.3, 0.4) is 0 Å². The minimum atomic E-state index is -4.03. The number of carbonyl (C=O) groups excluding carboxylic acids is 2. The van der Waals surface area contributed by atoms with Crippen LogP contribution in [0.25, 0.3) is 0 Å². The van der Waals surface area contributed by atoms with E-state index in [0.29, 0.717) is 29.1 Å². The molecule has 0 spiro atoms. The lowest BCUT2D eigenvalue weighted by molar-refractivity contribution is -0.117. The molecule has 2 amide bonds. The maximum absolute atomic E-state index is 13.6. The van der Waals surface area contributed by atoms with E-state index in [2.05, 4.69) is 0 Å². The number of nitrogens with zero attached hydrogens (tertiary/aromatic N) is 2. The molecule has 8 nitrogen and oxygen atoms in total. The third kappa shape index (κ3) is 3.72. The van der Waals surface area contributed by atoms with Gasteiger partial charge in [0.05, 0.1) is 33.3 Å². The van der Waals surface area contributed by atoms with E-state index in [9.17, 15) is 27.9 Å². The summed E-state index contributed by atoms with van der Waals surface area (Å²) in [5.74, 6) is -2.72.